The van der Waals surface area contributed by atoms with Crippen molar-refractivity contribution in [3.63, 3.8) is 0 Å². The number of cyclic esters (lactones) is 2. The van der Waals surface area contributed by atoms with Crippen molar-refractivity contribution in [2.75, 3.05) is 0 Å². The van der Waals surface area contributed by atoms with Crippen molar-refractivity contribution in [1.29, 1.82) is 0 Å². The molecule has 0 spiro atoms. The minimum atomic E-state index is -0.492. The third kappa shape index (κ3) is 3.13. The maximum atomic E-state index is 11.5. The Morgan fingerprint density at radius 3 is 1.55 bits per heavy atom. The lowest BCUT2D eigenvalue weighted by atomic mass is 9.81. The third-order valence-electron chi connectivity index (χ3n) is 4.28. The van der Waals surface area contributed by atoms with E-state index in [1.807, 2.05) is 24.3 Å². The smallest absolute Gasteiger partial charge is 0.314 e. The highest BCUT2D eigenvalue weighted by molar-refractivity contribution is 6.02. The maximum Gasteiger partial charge on any atom is 0.314 e. The summed E-state index contributed by atoms with van der Waals surface area (Å²) in [6, 6.07) is 7.51. The molecule has 0 bridgehead atoms. The molecule has 22 heavy (non-hydrogen) atoms. The lowest BCUT2D eigenvalue weighted by molar-refractivity contribution is -0.164. The van der Waals surface area contributed by atoms with Crippen LogP contribution in [0.2, 0.25) is 0 Å². The van der Waals surface area contributed by atoms with E-state index in [-0.39, 0.29) is 42.7 Å². The largest absolute Gasteiger partial charge is 0.393 e. The molecule has 1 aromatic rings. The monoisotopic (exact) mass is 300 g/mol. The van der Waals surface area contributed by atoms with Gasteiger partial charge in [0.15, 0.2) is 0 Å². The highest BCUT2D eigenvalue weighted by Gasteiger charge is 2.29. The Bertz CT molecular complexity index is 555. The van der Waals surface area contributed by atoms with E-state index in [2.05, 4.69) is 4.74 Å². The van der Waals surface area contributed by atoms with Crippen LogP contribution in [0.5, 0.6) is 0 Å². The molecular formula is C17H16O5. The first kappa shape index (κ1) is 14.6. The standard InChI is InChI=1S/C17H16O5/c18-14-5-12(6-15(19)9-14)10-1-3-11(4-2-10)13-7-16(20)22-17(21)8-13/h1-4,12-13H,5-9H2. The summed E-state index contributed by atoms with van der Waals surface area (Å²) >= 11 is 0. The number of benzene rings is 1. The summed E-state index contributed by atoms with van der Waals surface area (Å²) in [5.41, 5.74) is 1.86. The highest BCUT2D eigenvalue weighted by Crippen LogP contribution is 2.32. The van der Waals surface area contributed by atoms with Gasteiger partial charge in [0.05, 0.1) is 19.3 Å². The molecule has 0 N–H and O–H groups in total. The number of esters is 2. The molecule has 0 unspecified atom stereocenters. The summed E-state index contributed by atoms with van der Waals surface area (Å²) in [6.07, 6.45) is 1.26. The molecule has 114 valence electrons. The first-order valence-electron chi connectivity index (χ1n) is 7.38. The zero-order chi connectivity index (χ0) is 15.7. The Balaban J connectivity index is 1.75. The van der Waals surface area contributed by atoms with E-state index < -0.39 is 11.9 Å². The Kier molecular flexibility index (Phi) is 3.88. The van der Waals surface area contributed by atoms with Crippen LogP contribution in [0.1, 0.15) is 55.1 Å². The summed E-state index contributed by atoms with van der Waals surface area (Å²) in [4.78, 5) is 45.7. The van der Waals surface area contributed by atoms with Gasteiger partial charge in [-0.3, -0.25) is 19.2 Å². The maximum absolute atomic E-state index is 11.5. The molecule has 5 heteroatoms. The molecular weight excluding hydrogens is 284 g/mol. The van der Waals surface area contributed by atoms with Crippen LogP contribution < -0.4 is 0 Å². The van der Waals surface area contributed by atoms with Crippen molar-refractivity contribution in [3.05, 3.63) is 35.4 Å². The van der Waals surface area contributed by atoms with Crippen molar-refractivity contribution < 1.29 is 23.9 Å². The van der Waals surface area contributed by atoms with Crippen LogP contribution in [0.3, 0.4) is 0 Å². The zero-order valence-corrected chi connectivity index (χ0v) is 12.0. The average molecular weight is 300 g/mol. The van der Waals surface area contributed by atoms with Crippen LogP contribution in [0, 0.1) is 0 Å². The minimum absolute atomic E-state index is 0.00838. The fourth-order valence-electron chi connectivity index (χ4n) is 3.18. The van der Waals surface area contributed by atoms with Gasteiger partial charge in [0.25, 0.3) is 0 Å². The van der Waals surface area contributed by atoms with Gasteiger partial charge in [0.2, 0.25) is 0 Å². The summed E-state index contributed by atoms with van der Waals surface area (Å²) in [5, 5.41) is 0. The van der Waals surface area contributed by atoms with Crippen LogP contribution >= 0.6 is 0 Å². The molecule has 5 nitrogen and oxygen atoms in total. The van der Waals surface area contributed by atoms with Crippen LogP contribution in [0.15, 0.2) is 24.3 Å². The number of hydrogen-bond acceptors (Lipinski definition) is 5. The summed E-state index contributed by atoms with van der Waals surface area (Å²) in [5.74, 6) is -1.21. The van der Waals surface area contributed by atoms with Gasteiger partial charge in [-0.25, -0.2) is 0 Å². The predicted octanol–water partition coefficient (Wildman–Crippen LogP) is 2.04. The van der Waals surface area contributed by atoms with E-state index in [0.29, 0.717) is 12.8 Å². The second kappa shape index (κ2) is 5.83. The number of carbonyl (C=O) groups is 4. The van der Waals surface area contributed by atoms with Gasteiger partial charge in [0.1, 0.15) is 11.6 Å². The van der Waals surface area contributed by atoms with Crippen molar-refractivity contribution >= 4 is 23.5 Å². The number of ketones is 2. The Morgan fingerprint density at radius 2 is 1.09 bits per heavy atom. The van der Waals surface area contributed by atoms with Crippen molar-refractivity contribution in [2.24, 2.45) is 0 Å². The molecule has 0 atom stereocenters. The normalized spacial score (nSPS) is 21.1. The average Bonchev–Trinajstić information content (AvgIpc) is 2.45. The Hall–Kier alpha value is -2.30. The molecule has 2 fully saturated rings. The van der Waals surface area contributed by atoms with Crippen molar-refractivity contribution in [3.8, 4) is 0 Å². The first-order valence-corrected chi connectivity index (χ1v) is 7.38. The molecule has 0 radical (unpaired) electrons. The van der Waals surface area contributed by atoms with E-state index in [0.717, 1.165) is 11.1 Å². The van der Waals surface area contributed by atoms with Crippen LogP contribution in [-0.2, 0) is 23.9 Å². The second-order valence-electron chi connectivity index (χ2n) is 5.98. The van der Waals surface area contributed by atoms with E-state index in [4.69, 9.17) is 0 Å². The fourth-order valence-corrected chi connectivity index (χ4v) is 3.18. The van der Waals surface area contributed by atoms with Gasteiger partial charge in [-0.2, -0.15) is 0 Å². The topological polar surface area (TPSA) is 77.5 Å². The SMILES string of the molecule is O=C1CC(=O)CC(c2ccc(C3CC(=O)OC(=O)C3)cc2)C1. The number of carbonyl (C=O) groups excluding carboxylic acids is 4. The van der Waals surface area contributed by atoms with Crippen molar-refractivity contribution in [2.45, 2.75) is 43.9 Å². The molecule has 1 aliphatic carbocycles. The highest BCUT2D eigenvalue weighted by atomic mass is 16.6. The minimum Gasteiger partial charge on any atom is -0.393 e. The van der Waals surface area contributed by atoms with E-state index in [1.54, 1.807) is 0 Å². The molecule has 2 aliphatic rings. The van der Waals surface area contributed by atoms with Gasteiger partial charge in [-0.1, -0.05) is 24.3 Å². The Morgan fingerprint density at radius 1 is 0.682 bits per heavy atom. The van der Waals surface area contributed by atoms with Gasteiger partial charge in [0, 0.05) is 18.8 Å². The quantitative estimate of drug-likeness (QED) is 0.617. The van der Waals surface area contributed by atoms with Gasteiger partial charge < -0.3 is 4.74 Å². The van der Waals surface area contributed by atoms with Gasteiger partial charge in [-0.05, 0) is 17.0 Å². The molecule has 1 aliphatic heterocycles. The lowest BCUT2D eigenvalue weighted by Gasteiger charge is -2.23. The summed E-state index contributed by atoms with van der Waals surface area (Å²) < 4.78 is 4.53. The van der Waals surface area contributed by atoms with E-state index in [9.17, 15) is 19.2 Å². The number of hydrogen-bond donors (Lipinski definition) is 0. The van der Waals surface area contributed by atoms with E-state index >= 15 is 0 Å². The van der Waals surface area contributed by atoms with Crippen molar-refractivity contribution in [1.82, 2.24) is 0 Å². The third-order valence-corrected chi connectivity index (χ3v) is 4.28. The molecule has 1 heterocycles. The fraction of sp³-hybridized carbons (Fsp3) is 0.412. The molecule has 0 amide bonds. The Labute approximate surface area is 127 Å². The number of ether oxygens (including phenoxy) is 1. The first-order chi connectivity index (χ1) is 10.5. The number of Topliss-reactive ketones (excluding diaryl/α,β-unsaturated/α-hetero) is 2. The lowest BCUT2D eigenvalue weighted by Crippen LogP contribution is -2.24. The number of rotatable bonds is 2. The van der Waals surface area contributed by atoms with E-state index in [1.165, 1.54) is 0 Å². The predicted molar refractivity (Wildman–Crippen MR) is 76.1 cm³/mol. The summed E-state index contributed by atoms with van der Waals surface area (Å²) in [6.45, 7) is 0. The van der Waals surface area contributed by atoms with Crippen LogP contribution in [0.25, 0.3) is 0 Å². The van der Waals surface area contributed by atoms with Crippen LogP contribution in [0.4, 0.5) is 0 Å². The molecule has 1 saturated heterocycles. The summed E-state index contributed by atoms with van der Waals surface area (Å²) in [7, 11) is 0. The zero-order valence-electron chi connectivity index (χ0n) is 12.0. The van der Waals surface area contributed by atoms with Gasteiger partial charge in [-0.15, -0.1) is 0 Å². The molecule has 3 rings (SSSR count). The van der Waals surface area contributed by atoms with Gasteiger partial charge >= 0.3 is 11.9 Å². The molecule has 1 saturated carbocycles. The van der Waals surface area contributed by atoms with Crippen LogP contribution in [-0.4, -0.2) is 23.5 Å². The molecule has 0 aromatic heterocycles. The second-order valence-corrected chi connectivity index (χ2v) is 5.98. The molecule has 1 aromatic carbocycles.